The number of benzene rings is 1. The third-order valence-corrected chi connectivity index (χ3v) is 5.77. The third-order valence-electron chi connectivity index (χ3n) is 4.30. The van der Waals surface area contributed by atoms with Crippen LogP contribution in [0.25, 0.3) is 0 Å². The number of hydrogen-bond acceptors (Lipinski definition) is 5. The van der Waals surface area contributed by atoms with Crippen molar-refractivity contribution in [3.05, 3.63) is 24.3 Å². The first-order chi connectivity index (χ1) is 11.4. The third kappa shape index (κ3) is 5.01. The van der Waals surface area contributed by atoms with Crippen LogP contribution in [0, 0.1) is 5.92 Å². The van der Waals surface area contributed by atoms with Gasteiger partial charge in [-0.25, -0.2) is 13.1 Å². The number of hydrogen-bond donors (Lipinski definition) is 4. The van der Waals surface area contributed by atoms with Crippen LogP contribution in [0.5, 0.6) is 0 Å². The zero-order chi connectivity index (χ0) is 17.6. The Morgan fingerprint density at radius 2 is 1.83 bits per heavy atom. The van der Waals surface area contributed by atoms with Crippen LogP contribution in [0.15, 0.2) is 29.2 Å². The van der Waals surface area contributed by atoms with Crippen LogP contribution in [0.4, 0.5) is 5.69 Å². The van der Waals surface area contributed by atoms with Gasteiger partial charge in [0.25, 0.3) is 0 Å². The maximum atomic E-state index is 12.2. The summed E-state index contributed by atoms with van der Waals surface area (Å²) in [6.07, 6.45) is 5.37. The van der Waals surface area contributed by atoms with E-state index in [1.54, 1.807) is 0 Å². The van der Waals surface area contributed by atoms with E-state index in [0.29, 0.717) is 5.69 Å². The zero-order valence-corrected chi connectivity index (χ0v) is 14.4. The molecule has 0 saturated heterocycles. The Morgan fingerprint density at radius 1 is 1.21 bits per heavy atom. The van der Waals surface area contributed by atoms with Crippen molar-refractivity contribution in [2.24, 2.45) is 11.7 Å². The number of anilines is 1. The molecule has 1 aromatic carbocycles. The topological polar surface area (TPSA) is 122 Å². The standard InChI is InChI=1S/C16H25N3O4S/c17-15(12-4-2-1-3-5-12)16(21)19-13-6-8-14(9-7-13)24(22,23)18-10-11-20/h6-9,12,15,18,20H,1-5,10-11,17H2,(H,19,21). The monoisotopic (exact) mass is 355 g/mol. The molecule has 8 heteroatoms. The van der Waals surface area contributed by atoms with Crippen LogP contribution < -0.4 is 15.8 Å². The normalized spacial score (nSPS) is 17.4. The van der Waals surface area contributed by atoms with Gasteiger partial charge in [-0.1, -0.05) is 19.3 Å². The van der Waals surface area contributed by atoms with Crippen molar-refractivity contribution in [2.75, 3.05) is 18.5 Å². The fourth-order valence-corrected chi connectivity index (χ4v) is 3.93. The number of carbonyl (C=O) groups is 1. The number of sulfonamides is 1. The molecular weight excluding hydrogens is 330 g/mol. The molecule has 1 aliphatic rings. The lowest BCUT2D eigenvalue weighted by atomic mass is 9.84. The lowest BCUT2D eigenvalue weighted by Crippen LogP contribution is -2.42. The summed E-state index contributed by atoms with van der Waals surface area (Å²) in [5, 5.41) is 11.4. The summed E-state index contributed by atoms with van der Waals surface area (Å²) in [7, 11) is -3.65. The summed E-state index contributed by atoms with van der Waals surface area (Å²) in [5.74, 6) is -0.0306. The van der Waals surface area contributed by atoms with Gasteiger partial charge in [0, 0.05) is 12.2 Å². The van der Waals surface area contributed by atoms with Crippen LogP contribution in [0.2, 0.25) is 0 Å². The van der Waals surface area contributed by atoms with Gasteiger partial charge < -0.3 is 16.2 Å². The highest BCUT2D eigenvalue weighted by Crippen LogP contribution is 2.26. The van der Waals surface area contributed by atoms with Crippen molar-refractivity contribution in [3.63, 3.8) is 0 Å². The SMILES string of the molecule is NC(C(=O)Nc1ccc(S(=O)(=O)NCCO)cc1)C1CCCCC1. The molecule has 24 heavy (non-hydrogen) atoms. The van der Waals surface area contributed by atoms with Crippen LogP contribution in [0.1, 0.15) is 32.1 Å². The zero-order valence-electron chi connectivity index (χ0n) is 13.6. The van der Waals surface area contributed by atoms with E-state index in [4.69, 9.17) is 10.8 Å². The van der Waals surface area contributed by atoms with Crippen molar-refractivity contribution in [1.29, 1.82) is 0 Å². The molecule has 2 rings (SSSR count). The van der Waals surface area contributed by atoms with Gasteiger partial charge >= 0.3 is 0 Å². The number of carbonyl (C=O) groups excluding carboxylic acids is 1. The molecule has 1 aliphatic carbocycles. The summed E-state index contributed by atoms with van der Waals surface area (Å²) < 4.78 is 26.1. The first kappa shape index (κ1) is 18.9. The maximum absolute atomic E-state index is 12.2. The Hall–Kier alpha value is -1.48. The number of aliphatic hydroxyl groups excluding tert-OH is 1. The van der Waals surface area contributed by atoms with E-state index in [2.05, 4.69) is 10.0 Å². The lowest BCUT2D eigenvalue weighted by Gasteiger charge is -2.26. The molecule has 0 aliphatic heterocycles. The highest BCUT2D eigenvalue weighted by molar-refractivity contribution is 7.89. The second kappa shape index (κ2) is 8.57. The van der Waals surface area contributed by atoms with Gasteiger partial charge in [0.1, 0.15) is 0 Å². The van der Waals surface area contributed by atoms with Gasteiger partial charge in [-0.3, -0.25) is 4.79 Å². The minimum atomic E-state index is -3.65. The fourth-order valence-electron chi connectivity index (χ4n) is 2.91. The maximum Gasteiger partial charge on any atom is 0.241 e. The van der Waals surface area contributed by atoms with Gasteiger partial charge in [-0.05, 0) is 43.0 Å². The van der Waals surface area contributed by atoms with E-state index in [1.807, 2.05) is 0 Å². The predicted octanol–water partition coefficient (Wildman–Crippen LogP) is 0.803. The summed E-state index contributed by atoms with van der Waals surface area (Å²) in [6.45, 7) is -0.316. The smallest absolute Gasteiger partial charge is 0.241 e. The molecular formula is C16H25N3O4S. The Balaban J connectivity index is 1.96. The number of nitrogens with two attached hydrogens (primary N) is 1. The number of amides is 1. The summed E-state index contributed by atoms with van der Waals surface area (Å²) in [4.78, 5) is 12.3. The highest BCUT2D eigenvalue weighted by Gasteiger charge is 2.26. The Morgan fingerprint density at radius 3 is 2.42 bits per heavy atom. The minimum Gasteiger partial charge on any atom is -0.395 e. The number of rotatable bonds is 7. The molecule has 1 unspecified atom stereocenters. The minimum absolute atomic E-state index is 0.0446. The van der Waals surface area contributed by atoms with Crippen LogP contribution in [0.3, 0.4) is 0 Å². The van der Waals surface area contributed by atoms with E-state index in [9.17, 15) is 13.2 Å². The highest BCUT2D eigenvalue weighted by atomic mass is 32.2. The van der Waals surface area contributed by atoms with Crippen molar-refractivity contribution in [2.45, 2.75) is 43.0 Å². The Labute approximate surface area is 142 Å². The molecule has 0 spiro atoms. The average molecular weight is 355 g/mol. The fraction of sp³-hybridized carbons (Fsp3) is 0.562. The first-order valence-electron chi connectivity index (χ1n) is 8.21. The van der Waals surface area contributed by atoms with Crippen molar-refractivity contribution < 1.29 is 18.3 Å². The lowest BCUT2D eigenvalue weighted by molar-refractivity contribution is -0.118. The van der Waals surface area contributed by atoms with Gasteiger partial charge in [0.05, 0.1) is 17.5 Å². The molecule has 1 atom stereocenters. The van der Waals surface area contributed by atoms with Crippen molar-refractivity contribution in [1.82, 2.24) is 4.72 Å². The van der Waals surface area contributed by atoms with E-state index in [1.165, 1.54) is 30.7 Å². The first-order valence-corrected chi connectivity index (χ1v) is 9.69. The van der Waals surface area contributed by atoms with E-state index in [-0.39, 0.29) is 29.9 Å². The summed E-state index contributed by atoms with van der Waals surface area (Å²) >= 11 is 0. The van der Waals surface area contributed by atoms with E-state index >= 15 is 0 Å². The molecule has 0 heterocycles. The molecule has 7 nitrogen and oxygen atoms in total. The second-order valence-electron chi connectivity index (χ2n) is 6.06. The average Bonchev–Trinajstić information content (AvgIpc) is 2.60. The Bertz CT molecular complexity index is 640. The number of aliphatic hydroxyl groups is 1. The summed E-state index contributed by atoms with van der Waals surface area (Å²) in [6, 6.07) is 5.32. The molecule has 134 valence electrons. The largest absolute Gasteiger partial charge is 0.395 e. The van der Waals surface area contributed by atoms with E-state index < -0.39 is 16.1 Å². The summed E-state index contributed by atoms with van der Waals surface area (Å²) in [5.41, 5.74) is 6.56. The van der Waals surface area contributed by atoms with E-state index in [0.717, 1.165) is 25.7 Å². The van der Waals surface area contributed by atoms with Crippen LogP contribution >= 0.6 is 0 Å². The molecule has 1 amide bonds. The van der Waals surface area contributed by atoms with Gasteiger partial charge in [-0.15, -0.1) is 0 Å². The second-order valence-corrected chi connectivity index (χ2v) is 7.83. The molecule has 1 saturated carbocycles. The number of nitrogens with one attached hydrogen (secondary N) is 2. The van der Waals surface area contributed by atoms with Crippen LogP contribution in [-0.2, 0) is 14.8 Å². The van der Waals surface area contributed by atoms with Crippen molar-refractivity contribution >= 4 is 21.6 Å². The molecule has 0 aromatic heterocycles. The van der Waals surface area contributed by atoms with Gasteiger partial charge in [0.15, 0.2) is 0 Å². The van der Waals surface area contributed by atoms with Crippen LogP contribution in [-0.4, -0.2) is 38.6 Å². The molecule has 0 radical (unpaired) electrons. The Kier molecular flexibility index (Phi) is 6.73. The predicted molar refractivity (Wildman–Crippen MR) is 91.9 cm³/mol. The van der Waals surface area contributed by atoms with Gasteiger partial charge in [0.2, 0.25) is 15.9 Å². The van der Waals surface area contributed by atoms with Gasteiger partial charge in [-0.2, -0.15) is 0 Å². The molecule has 5 N–H and O–H groups in total. The molecule has 1 fully saturated rings. The van der Waals surface area contributed by atoms with Crippen molar-refractivity contribution in [3.8, 4) is 0 Å². The quantitative estimate of drug-likeness (QED) is 0.576. The molecule has 0 bridgehead atoms. The molecule has 1 aromatic rings.